The van der Waals surface area contributed by atoms with E-state index in [1.807, 2.05) is 18.3 Å². The van der Waals surface area contributed by atoms with Crippen LogP contribution in [0.15, 0.2) is 64.7 Å². The van der Waals surface area contributed by atoms with Crippen molar-refractivity contribution in [2.45, 2.75) is 0 Å². The van der Waals surface area contributed by atoms with Gasteiger partial charge in [0.25, 0.3) is 0 Å². The van der Waals surface area contributed by atoms with Crippen molar-refractivity contribution in [3.05, 3.63) is 65.9 Å². The highest BCUT2D eigenvalue weighted by Crippen LogP contribution is 2.19. The molecule has 2 aliphatic heterocycles. The maximum atomic E-state index is 4.45. The first-order valence-corrected chi connectivity index (χ1v) is 9.07. The van der Waals surface area contributed by atoms with Crippen molar-refractivity contribution in [2.75, 3.05) is 26.2 Å². The average Bonchev–Trinajstić information content (AvgIpc) is 3.51. The monoisotopic (exact) mass is 357 g/mol. The second kappa shape index (κ2) is 6.68. The van der Waals surface area contributed by atoms with Gasteiger partial charge in [0.2, 0.25) is 0 Å². The van der Waals surface area contributed by atoms with Gasteiger partial charge in [0.1, 0.15) is 17.4 Å². The van der Waals surface area contributed by atoms with Crippen molar-refractivity contribution in [3.63, 3.8) is 0 Å². The first-order valence-electron chi connectivity index (χ1n) is 9.07. The molecule has 0 saturated carbocycles. The average molecular weight is 357 g/mol. The lowest BCUT2D eigenvalue weighted by molar-refractivity contribution is 0.804. The van der Waals surface area contributed by atoms with E-state index < -0.39 is 0 Å². The van der Waals surface area contributed by atoms with Gasteiger partial charge >= 0.3 is 0 Å². The van der Waals surface area contributed by atoms with Gasteiger partial charge < -0.3 is 10.6 Å². The largest absolute Gasteiger partial charge is 0.368 e. The van der Waals surface area contributed by atoms with E-state index in [0.29, 0.717) is 0 Å². The molecular formula is C20H19N7. The zero-order chi connectivity index (χ0) is 18.1. The van der Waals surface area contributed by atoms with Crippen LogP contribution in [-0.2, 0) is 0 Å². The highest BCUT2D eigenvalue weighted by atomic mass is 15.4. The van der Waals surface area contributed by atoms with Crippen LogP contribution in [0.3, 0.4) is 0 Å². The van der Waals surface area contributed by atoms with E-state index in [0.717, 1.165) is 65.9 Å². The van der Waals surface area contributed by atoms with Crippen LogP contribution in [-0.4, -0.2) is 52.8 Å². The number of hydrogen-bond acceptors (Lipinski definition) is 6. The normalized spacial score (nSPS) is 15.9. The molecule has 27 heavy (non-hydrogen) atoms. The van der Waals surface area contributed by atoms with Crippen molar-refractivity contribution >= 4 is 11.7 Å². The molecule has 2 aliphatic rings. The molecule has 7 nitrogen and oxygen atoms in total. The topological polar surface area (TPSA) is 79.5 Å². The number of aromatic nitrogens is 3. The minimum Gasteiger partial charge on any atom is -0.368 e. The smallest absolute Gasteiger partial charge is 0.128 e. The zero-order valence-electron chi connectivity index (χ0n) is 14.8. The second-order valence-corrected chi connectivity index (χ2v) is 6.49. The van der Waals surface area contributed by atoms with Crippen molar-refractivity contribution in [1.82, 2.24) is 25.6 Å². The summed E-state index contributed by atoms with van der Waals surface area (Å²) in [5.41, 5.74) is 5.04. The SMILES string of the molecule is c1cc(-c2cn(-c3ccc(C4=NCCN4)cc3)nn2)ccc1C1=NCCN1. The van der Waals surface area contributed by atoms with Crippen molar-refractivity contribution in [1.29, 1.82) is 0 Å². The van der Waals surface area contributed by atoms with Gasteiger partial charge in [-0.2, -0.15) is 0 Å². The summed E-state index contributed by atoms with van der Waals surface area (Å²) in [6.45, 7) is 3.50. The molecule has 0 amide bonds. The second-order valence-electron chi connectivity index (χ2n) is 6.49. The van der Waals surface area contributed by atoms with Crippen LogP contribution in [0.5, 0.6) is 0 Å². The summed E-state index contributed by atoms with van der Waals surface area (Å²) >= 11 is 0. The van der Waals surface area contributed by atoms with E-state index in [2.05, 4.69) is 67.3 Å². The van der Waals surface area contributed by atoms with E-state index in [9.17, 15) is 0 Å². The maximum Gasteiger partial charge on any atom is 0.128 e. The van der Waals surface area contributed by atoms with E-state index >= 15 is 0 Å². The van der Waals surface area contributed by atoms with Gasteiger partial charge in [-0.15, -0.1) is 5.10 Å². The summed E-state index contributed by atoms with van der Waals surface area (Å²) in [7, 11) is 0. The van der Waals surface area contributed by atoms with Crippen LogP contribution < -0.4 is 10.6 Å². The summed E-state index contributed by atoms with van der Waals surface area (Å²) in [5.74, 6) is 1.92. The molecule has 7 heteroatoms. The Balaban J connectivity index is 1.36. The van der Waals surface area contributed by atoms with Crippen molar-refractivity contribution < 1.29 is 0 Å². The Morgan fingerprint density at radius 1 is 0.704 bits per heavy atom. The van der Waals surface area contributed by atoms with Crippen LogP contribution in [0.25, 0.3) is 16.9 Å². The summed E-state index contributed by atoms with van der Waals surface area (Å²) in [6, 6.07) is 16.4. The van der Waals surface area contributed by atoms with E-state index in [1.165, 1.54) is 0 Å². The van der Waals surface area contributed by atoms with Crippen LogP contribution >= 0.6 is 0 Å². The van der Waals surface area contributed by atoms with E-state index in [1.54, 1.807) is 4.68 Å². The number of amidine groups is 2. The number of nitrogens with zero attached hydrogens (tertiary/aromatic N) is 5. The number of aliphatic imine (C=N–C) groups is 2. The van der Waals surface area contributed by atoms with Crippen molar-refractivity contribution in [2.24, 2.45) is 9.98 Å². The lowest BCUT2D eigenvalue weighted by Crippen LogP contribution is -2.19. The summed E-state index contributed by atoms with van der Waals surface area (Å²) in [6.07, 6.45) is 1.95. The molecule has 0 saturated heterocycles. The van der Waals surface area contributed by atoms with Crippen LogP contribution in [0.4, 0.5) is 0 Å². The molecule has 0 spiro atoms. The quantitative estimate of drug-likeness (QED) is 0.744. The van der Waals surface area contributed by atoms with Gasteiger partial charge in [0, 0.05) is 29.8 Å². The van der Waals surface area contributed by atoms with Crippen LogP contribution in [0, 0.1) is 0 Å². The van der Waals surface area contributed by atoms with Gasteiger partial charge in [0.05, 0.1) is 25.0 Å². The molecular weight excluding hydrogens is 338 g/mol. The molecule has 0 aliphatic carbocycles. The minimum atomic E-state index is 0.839. The summed E-state index contributed by atoms with van der Waals surface area (Å²) in [5, 5.41) is 15.2. The fourth-order valence-electron chi connectivity index (χ4n) is 3.28. The van der Waals surface area contributed by atoms with Crippen LogP contribution in [0.1, 0.15) is 11.1 Å². The molecule has 1 aromatic heterocycles. The molecule has 3 heterocycles. The van der Waals surface area contributed by atoms with E-state index in [-0.39, 0.29) is 0 Å². The summed E-state index contributed by atoms with van der Waals surface area (Å²) < 4.78 is 1.79. The Morgan fingerprint density at radius 2 is 1.26 bits per heavy atom. The Hall–Kier alpha value is -3.48. The predicted octanol–water partition coefficient (Wildman–Crippen LogP) is 1.63. The van der Waals surface area contributed by atoms with Gasteiger partial charge in [-0.1, -0.05) is 29.5 Å². The Labute approximate surface area is 156 Å². The molecule has 3 aromatic rings. The highest BCUT2D eigenvalue weighted by molar-refractivity contribution is 6.00. The van der Waals surface area contributed by atoms with Gasteiger partial charge in [-0.05, 0) is 24.3 Å². The Bertz CT molecular complexity index is 931. The van der Waals surface area contributed by atoms with Crippen molar-refractivity contribution in [3.8, 4) is 16.9 Å². The molecule has 0 fully saturated rings. The lowest BCUT2D eigenvalue weighted by Gasteiger charge is -2.04. The maximum absolute atomic E-state index is 4.45. The standard InChI is InChI=1S/C20H19N7/c1-3-15(19-21-9-10-22-19)4-2-14(1)18-13-27(26-25-18)17-7-5-16(6-8-17)20-23-11-12-24-20/h1-8,13H,9-12H2,(H,21,22)(H,23,24). The first-order chi connectivity index (χ1) is 13.4. The number of hydrogen-bond donors (Lipinski definition) is 2. The Morgan fingerprint density at radius 3 is 1.81 bits per heavy atom. The van der Waals surface area contributed by atoms with Gasteiger partial charge in [0.15, 0.2) is 0 Å². The first kappa shape index (κ1) is 15.7. The fourth-order valence-corrected chi connectivity index (χ4v) is 3.28. The summed E-state index contributed by atoms with van der Waals surface area (Å²) in [4.78, 5) is 8.89. The highest BCUT2D eigenvalue weighted by Gasteiger charge is 2.11. The molecule has 0 bridgehead atoms. The molecule has 0 atom stereocenters. The third-order valence-corrected chi connectivity index (χ3v) is 4.70. The van der Waals surface area contributed by atoms with Crippen LogP contribution in [0.2, 0.25) is 0 Å². The van der Waals surface area contributed by atoms with Gasteiger partial charge in [-0.25, -0.2) is 4.68 Å². The number of rotatable bonds is 4. The number of benzene rings is 2. The Kier molecular flexibility index (Phi) is 3.90. The van der Waals surface area contributed by atoms with E-state index in [4.69, 9.17) is 0 Å². The molecule has 134 valence electrons. The molecule has 2 aromatic carbocycles. The molecule has 5 rings (SSSR count). The molecule has 2 N–H and O–H groups in total. The fraction of sp³-hybridized carbons (Fsp3) is 0.200. The lowest BCUT2D eigenvalue weighted by atomic mass is 10.1. The molecule has 0 radical (unpaired) electrons. The zero-order valence-corrected chi connectivity index (χ0v) is 14.8. The number of nitrogens with one attached hydrogen (secondary N) is 2. The predicted molar refractivity (Wildman–Crippen MR) is 106 cm³/mol. The third kappa shape index (κ3) is 3.08. The minimum absolute atomic E-state index is 0.839. The molecule has 0 unspecified atom stereocenters. The van der Waals surface area contributed by atoms with Gasteiger partial charge in [-0.3, -0.25) is 9.98 Å². The third-order valence-electron chi connectivity index (χ3n) is 4.70.